The molecule has 0 radical (unpaired) electrons. The normalized spacial score (nSPS) is 10.9. The quantitative estimate of drug-likeness (QED) is 0.457. The molecule has 0 fully saturated rings. The Balaban J connectivity index is 2.51. The number of rotatable bonds is 8. The number of nitro groups is 2. The molecule has 6 heteroatoms. The van der Waals surface area contributed by atoms with Crippen LogP contribution in [0, 0.1) is 20.2 Å². The summed E-state index contributed by atoms with van der Waals surface area (Å²) in [4.78, 5) is 21.8. The number of hydrogen-bond donors (Lipinski definition) is 0. The Kier molecular flexibility index (Phi) is 6.44. The van der Waals surface area contributed by atoms with Crippen molar-refractivity contribution in [3.63, 3.8) is 0 Å². The lowest BCUT2D eigenvalue weighted by Gasteiger charge is -2.15. The molecular weight excluding hydrogens is 332 g/mol. The summed E-state index contributed by atoms with van der Waals surface area (Å²) in [5.41, 5.74) is 3.59. The molecule has 0 aliphatic rings. The summed E-state index contributed by atoms with van der Waals surface area (Å²) in [5, 5.41) is 22.5. The van der Waals surface area contributed by atoms with Crippen molar-refractivity contribution in [3.8, 4) is 0 Å². The summed E-state index contributed by atoms with van der Waals surface area (Å²) < 4.78 is 0. The summed E-state index contributed by atoms with van der Waals surface area (Å²) in [6.07, 6.45) is 3.31. The van der Waals surface area contributed by atoms with Crippen LogP contribution in [0.4, 0.5) is 11.4 Å². The Labute approximate surface area is 153 Å². The van der Waals surface area contributed by atoms with Crippen LogP contribution in [0.2, 0.25) is 0 Å². The number of benzene rings is 2. The first kappa shape index (κ1) is 19.6. The smallest absolute Gasteiger partial charge is 0.258 e. The zero-order valence-corrected chi connectivity index (χ0v) is 15.4. The second-order valence-electron chi connectivity index (χ2n) is 6.60. The van der Waals surface area contributed by atoms with Crippen molar-refractivity contribution in [3.05, 3.63) is 78.9 Å². The molecule has 2 rings (SSSR count). The lowest BCUT2D eigenvalue weighted by atomic mass is 9.89. The minimum Gasteiger partial charge on any atom is -0.258 e. The Hall–Kier alpha value is -2.76. The van der Waals surface area contributed by atoms with Crippen molar-refractivity contribution < 1.29 is 9.85 Å². The summed E-state index contributed by atoms with van der Waals surface area (Å²) in [7, 11) is 0. The standard InChI is InChI=1S/C20H24N2O4/c1-4-6-15-8-17(12-19(10-15)21(23)24)14(3)18-9-16(7-5-2)11-20(13-18)22(25)26/h8-14H,4-7H2,1-3H3. The third kappa shape index (κ3) is 4.65. The number of nitrogens with zero attached hydrogens (tertiary/aromatic N) is 2. The largest absolute Gasteiger partial charge is 0.269 e. The predicted octanol–water partition coefficient (Wildman–Crippen LogP) is 5.56. The average molecular weight is 356 g/mol. The maximum absolute atomic E-state index is 11.3. The third-order valence-electron chi connectivity index (χ3n) is 4.50. The molecule has 0 spiro atoms. The molecule has 0 aliphatic carbocycles. The van der Waals surface area contributed by atoms with Gasteiger partial charge in [-0.1, -0.05) is 45.7 Å². The van der Waals surface area contributed by atoms with Crippen LogP contribution < -0.4 is 0 Å². The first-order chi connectivity index (χ1) is 12.3. The van der Waals surface area contributed by atoms with E-state index in [1.807, 2.05) is 32.9 Å². The van der Waals surface area contributed by atoms with Crippen molar-refractivity contribution in [1.82, 2.24) is 0 Å². The van der Waals surface area contributed by atoms with Gasteiger partial charge in [0, 0.05) is 30.2 Å². The number of nitro benzene ring substituents is 2. The zero-order chi connectivity index (χ0) is 19.3. The van der Waals surface area contributed by atoms with Gasteiger partial charge in [-0.3, -0.25) is 20.2 Å². The molecule has 2 aromatic carbocycles. The van der Waals surface area contributed by atoms with Crippen LogP contribution >= 0.6 is 0 Å². The third-order valence-corrected chi connectivity index (χ3v) is 4.50. The molecule has 0 saturated carbocycles. The van der Waals surface area contributed by atoms with Crippen molar-refractivity contribution in [2.75, 3.05) is 0 Å². The van der Waals surface area contributed by atoms with Gasteiger partial charge in [-0.25, -0.2) is 0 Å². The van der Waals surface area contributed by atoms with E-state index < -0.39 is 0 Å². The molecule has 0 N–H and O–H groups in total. The van der Waals surface area contributed by atoms with Gasteiger partial charge in [-0.15, -0.1) is 0 Å². The van der Waals surface area contributed by atoms with E-state index in [4.69, 9.17) is 0 Å². The van der Waals surface area contributed by atoms with Crippen LogP contribution in [0.5, 0.6) is 0 Å². The number of aryl methyl sites for hydroxylation is 2. The Morgan fingerprint density at radius 3 is 1.46 bits per heavy atom. The number of non-ortho nitro benzene ring substituents is 2. The molecule has 0 unspecified atom stereocenters. The maximum Gasteiger partial charge on any atom is 0.269 e. The number of hydrogen-bond acceptors (Lipinski definition) is 4. The summed E-state index contributed by atoms with van der Waals surface area (Å²) >= 11 is 0. The average Bonchev–Trinajstić information content (AvgIpc) is 2.61. The Morgan fingerprint density at radius 1 is 0.769 bits per heavy atom. The summed E-state index contributed by atoms with van der Waals surface area (Å²) in [5.74, 6) is -0.166. The van der Waals surface area contributed by atoms with Gasteiger partial charge >= 0.3 is 0 Å². The van der Waals surface area contributed by atoms with E-state index in [1.165, 1.54) is 0 Å². The van der Waals surface area contributed by atoms with E-state index in [0.29, 0.717) is 0 Å². The van der Waals surface area contributed by atoms with Crippen molar-refractivity contribution >= 4 is 11.4 Å². The van der Waals surface area contributed by atoms with Gasteiger partial charge in [0.15, 0.2) is 0 Å². The molecule has 2 aromatic rings. The first-order valence-corrected chi connectivity index (χ1v) is 8.92. The highest BCUT2D eigenvalue weighted by molar-refractivity contribution is 5.47. The summed E-state index contributed by atoms with van der Waals surface area (Å²) in [6, 6.07) is 10.3. The molecule has 0 aliphatic heterocycles. The van der Waals surface area contributed by atoms with E-state index in [-0.39, 0.29) is 27.1 Å². The molecule has 26 heavy (non-hydrogen) atoms. The highest BCUT2D eigenvalue weighted by Crippen LogP contribution is 2.31. The van der Waals surface area contributed by atoms with Gasteiger partial charge in [0.25, 0.3) is 11.4 Å². The van der Waals surface area contributed by atoms with E-state index in [9.17, 15) is 20.2 Å². The first-order valence-electron chi connectivity index (χ1n) is 8.92. The molecule has 0 amide bonds. The van der Waals surface area contributed by atoms with E-state index in [2.05, 4.69) is 0 Å². The minimum absolute atomic E-state index is 0.0667. The van der Waals surface area contributed by atoms with Gasteiger partial charge in [0.05, 0.1) is 9.85 Å². The van der Waals surface area contributed by atoms with Crippen LogP contribution in [-0.4, -0.2) is 9.85 Å². The van der Waals surface area contributed by atoms with Crippen molar-refractivity contribution in [2.24, 2.45) is 0 Å². The topological polar surface area (TPSA) is 86.3 Å². The minimum atomic E-state index is -0.384. The molecule has 0 atom stereocenters. The molecule has 0 aromatic heterocycles. The maximum atomic E-state index is 11.3. The summed E-state index contributed by atoms with van der Waals surface area (Å²) in [6.45, 7) is 5.99. The molecule has 0 heterocycles. The van der Waals surface area contributed by atoms with Crippen LogP contribution in [0.3, 0.4) is 0 Å². The van der Waals surface area contributed by atoms with E-state index in [0.717, 1.165) is 47.9 Å². The molecule has 6 nitrogen and oxygen atoms in total. The SMILES string of the molecule is CCCc1cc(C(C)c2cc(CCC)cc([N+](=O)[O-])c2)cc([N+](=O)[O-])c1. The monoisotopic (exact) mass is 356 g/mol. The second-order valence-corrected chi connectivity index (χ2v) is 6.60. The Morgan fingerprint density at radius 2 is 1.15 bits per heavy atom. The van der Waals surface area contributed by atoms with Gasteiger partial charge < -0.3 is 0 Å². The van der Waals surface area contributed by atoms with Crippen molar-refractivity contribution in [2.45, 2.75) is 52.4 Å². The zero-order valence-electron chi connectivity index (χ0n) is 15.4. The van der Waals surface area contributed by atoms with Crippen LogP contribution in [0.15, 0.2) is 36.4 Å². The fraction of sp³-hybridized carbons (Fsp3) is 0.400. The van der Waals surface area contributed by atoms with Gasteiger partial charge in [0.2, 0.25) is 0 Å². The van der Waals surface area contributed by atoms with E-state index >= 15 is 0 Å². The second kappa shape index (κ2) is 8.56. The lowest BCUT2D eigenvalue weighted by Crippen LogP contribution is -2.02. The molecule has 0 saturated heterocycles. The van der Waals surface area contributed by atoms with Gasteiger partial charge in [-0.2, -0.15) is 0 Å². The highest BCUT2D eigenvalue weighted by atomic mass is 16.6. The molecule has 0 bridgehead atoms. The predicted molar refractivity (Wildman–Crippen MR) is 102 cm³/mol. The lowest BCUT2D eigenvalue weighted by molar-refractivity contribution is -0.385. The molecule has 138 valence electrons. The Bertz CT molecular complexity index is 750. The van der Waals surface area contributed by atoms with Gasteiger partial charge in [0.1, 0.15) is 0 Å². The molecular formula is C20H24N2O4. The highest BCUT2D eigenvalue weighted by Gasteiger charge is 2.18. The fourth-order valence-electron chi connectivity index (χ4n) is 3.17. The van der Waals surface area contributed by atoms with Crippen molar-refractivity contribution in [1.29, 1.82) is 0 Å². The van der Waals surface area contributed by atoms with E-state index in [1.54, 1.807) is 24.3 Å². The van der Waals surface area contributed by atoms with Crippen LogP contribution in [-0.2, 0) is 12.8 Å². The fourth-order valence-corrected chi connectivity index (χ4v) is 3.17. The van der Waals surface area contributed by atoms with Gasteiger partial charge in [-0.05, 0) is 35.1 Å². The van der Waals surface area contributed by atoms with Crippen LogP contribution in [0.1, 0.15) is 61.8 Å². The van der Waals surface area contributed by atoms with Crippen LogP contribution in [0.25, 0.3) is 0 Å².